The number of carbonyl (C=O) groups excluding carboxylic acids is 1. The van der Waals surface area contributed by atoms with Crippen molar-refractivity contribution in [2.45, 2.75) is 0 Å². The predicted octanol–water partition coefficient (Wildman–Crippen LogP) is 2.62. The van der Waals surface area contributed by atoms with E-state index in [1.807, 2.05) is 14.1 Å². The zero-order valence-corrected chi connectivity index (χ0v) is 12.0. The quantitative estimate of drug-likeness (QED) is 0.593. The molecule has 4 nitrogen and oxygen atoms in total. The molecule has 1 amide bonds. The molecule has 0 radical (unpaired) electrons. The van der Waals surface area contributed by atoms with Crippen LogP contribution in [-0.4, -0.2) is 43.0 Å². The molecule has 0 aliphatic carbocycles. The average molecular weight is 280 g/mol. The van der Waals surface area contributed by atoms with Crippen molar-refractivity contribution in [2.24, 2.45) is 0 Å². The summed E-state index contributed by atoms with van der Waals surface area (Å²) in [5.74, 6) is 0.528. The van der Waals surface area contributed by atoms with E-state index in [0.29, 0.717) is 29.6 Å². The van der Waals surface area contributed by atoms with Gasteiger partial charge in [-0.15, -0.1) is 13.2 Å². The number of carbonyl (C=O) groups is 1. The van der Waals surface area contributed by atoms with E-state index in [1.54, 1.807) is 34.1 Å². The molecule has 0 aliphatic heterocycles. The van der Waals surface area contributed by atoms with Gasteiger partial charge in [-0.05, 0) is 12.1 Å². The highest BCUT2D eigenvalue weighted by atomic mass is 35.5. The van der Waals surface area contributed by atoms with E-state index in [0.717, 1.165) is 0 Å². The number of hydrogen-bond acceptors (Lipinski definition) is 3. The summed E-state index contributed by atoms with van der Waals surface area (Å²) in [6, 6.07) is 3.28. The van der Waals surface area contributed by atoms with Crippen LogP contribution in [0.5, 0.6) is 0 Å². The average Bonchev–Trinajstić information content (AvgIpc) is 2.37. The molecule has 0 spiro atoms. The van der Waals surface area contributed by atoms with E-state index in [9.17, 15) is 4.79 Å². The normalized spacial score (nSPS) is 9.84. The number of hydrogen-bond donors (Lipinski definition) is 0. The van der Waals surface area contributed by atoms with Crippen LogP contribution in [0.3, 0.4) is 0 Å². The zero-order chi connectivity index (χ0) is 14.4. The van der Waals surface area contributed by atoms with Gasteiger partial charge < -0.3 is 9.80 Å². The summed E-state index contributed by atoms with van der Waals surface area (Å²) >= 11 is 5.95. The molecule has 0 saturated heterocycles. The van der Waals surface area contributed by atoms with Crippen LogP contribution in [0.4, 0.5) is 5.82 Å². The standard InChI is InChI=1S/C14H18ClN3O/c1-5-7-18(8-6-2)14(19)11-9-12(15)16-13(10-11)17(3)4/h5-6,9-10H,1-2,7-8H2,3-4H3. The van der Waals surface area contributed by atoms with Crippen LogP contribution in [0, 0.1) is 0 Å². The lowest BCUT2D eigenvalue weighted by Crippen LogP contribution is -2.31. The summed E-state index contributed by atoms with van der Waals surface area (Å²) in [6.07, 6.45) is 3.36. The summed E-state index contributed by atoms with van der Waals surface area (Å²) in [5.41, 5.74) is 0.507. The Morgan fingerprint density at radius 2 is 1.89 bits per heavy atom. The number of anilines is 1. The third-order valence-corrected chi connectivity index (χ3v) is 2.67. The Morgan fingerprint density at radius 3 is 2.37 bits per heavy atom. The fourth-order valence-corrected chi connectivity index (χ4v) is 1.77. The Balaban J connectivity index is 3.09. The van der Waals surface area contributed by atoms with Gasteiger partial charge in [-0.25, -0.2) is 4.98 Å². The van der Waals surface area contributed by atoms with Crippen LogP contribution in [0.25, 0.3) is 0 Å². The van der Waals surface area contributed by atoms with Crippen LogP contribution in [0.1, 0.15) is 10.4 Å². The molecule has 0 aromatic carbocycles. The zero-order valence-electron chi connectivity index (χ0n) is 11.3. The number of pyridine rings is 1. The maximum Gasteiger partial charge on any atom is 0.254 e. The number of nitrogens with zero attached hydrogens (tertiary/aromatic N) is 3. The Morgan fingerprint density at radius 1 is 1.32 bits per heavy atom. The maximum absolute atomic E-state index is 12.4. The minimum atomic E-state index is -0.118. The van der Waals surface area contributed by atoms with Crippen molar-refractivity contribution in [3.05, 3.63) is 48.2 Å². The monoisotopic (exact) mass is 279 g/mol. The second-order valence-electron chi connectivity index (χ2n) is 4.22. The lowest BCUT2D eigenvalue weighted by molar-refractivity contribution is 0.0791. The van der Waals surface area contributed by atoms with Gasteiger partial charge in [0.2, 0.25) is 0 Å². The van der Waals surface area contributed by atoms with Crippen molar-refractivity contribution in [1.82, 2.24) is 9.88 Å². The first kappa shape index (κ1) is 15.2. The van der Waals surface area contributed by atoms with Gasteiger partial charge in [-0.3, -0.25) is 4.79 Å². The summed E-state index contributed by atoms with van der Waals surface area (Å²) in [6.45, 7) is 8.22. The van der Waals surface area contributed by atoms with Crippen molar-refractivity contribution in [2.75, 3.05) is 32.1 Å². The first-order chi connectivity index (χ1) is 8.99. The van der Waals surface area contributed by atoms with E-state index in [-0.39, 0.29) is 5.91 Å². The number of rotatable bonds is 6. The molecule has 1 aromatic rings. The lowest BCUT2D eigenvalue weighted by Gasteiger charge is -2.20. The summed E-state index contributed by atoms with van der Waals surface area (Å²) < 4.78 is 0. The first-order valence-electron chi connectivity index (χ1n) is 5.85. The van der Waals surface area contributed by atoms with Gasteiger partial charge in [0.25, 0.3) is 5.91 Å². The molecule has 0 N–H and O–H groups in total. The molecular weight excluding hydrogens is 262 g/mol. The highest BCUT2D eigenvalue weighted by Gasteiger charge is 2.15. The molecule has 1 heterocycles. The number of aromatic nitrogens is 1. The van der Waals surface area contributed by atoms with Gasteiger partial charge in [0.05, 0.1) is 0 Å². The predicted molar refractivity (Wildman–Crippen MR) is 79.9 cm³/mol. The van der Waals surface area contributed by atoms with Gasteiger partial charge in [-0.1, -0.05) is 23.8 Å². The molecular formula is C14H18ClN3O. The van der Waals surface area contributed by atoms with Crippen LogP contribution in [0.2, 0.25) is 5.15 Å². The van der Waals surface area contributed by atoms with E-state index >= 15 is 0 Å². The van der Waals surface area contributed by atoms with Crippen LogP contribution < -0.4 is 4.90 Å². The second-order valence-corrected chi connectivity index (χ2v) is 4.61. The Kier molecular flexibility index (Phi) is 5.57. The number of halogens is 1. The molecule has 0 atom stereocenters. The van der Waals surface area contributed by atoms with Crippen LogP contribution >= 0.6 is 11.6 Å². The fraction of sp³-hybridized carbons (Fsp3) is 0.286. The molecule has 102 valence electrons. The highest BCUT2D eigenvalue weighted by Crippen LogP contribution is 2.18. The molecule has 19 heavy (non-hydrogen) atoms. The first-order valence-corrected chi connectivity index (χ1v) is 6.23. The van der Waals surface area contributed by atoms with E-state index < -0.39 is 0 Å². The third-order valence-electron chi connectivity index (χ3n) is 2.47. The smallest absolute Gasteiger partial charge is 0.254 e. The van der Waals surface area contributed by atoms with Gasteiger partial charge in [-0.2, -0.15) is 0 Å². The fourth-order valence-electron chi connectivity index (χ4n) is 1.57. The van der Waals surface area contributed by atoms with Gasteiger partial charge in [0.1, 0.15) is 11.0 Å². The molecule has 1 rings (SSSR count). The maximum atomic E-state index is 12.4. The highest BCUT2D eigenvalue weighted by molar-refractivity contribution is 6.29. The van der Waals surface area contributed by atoms with E-state index in [4.69, 9.17) is 11.6 Å². The molecule has 0 fully saturated rings. The molecule has 5 heteroatoms. The largest absolute Gasteiger partial charge is 0.363 e. The lowest BCUT2D eigenvalue weighted by atomic mass is 10.2. The minimum absolute atomic E-state index is 0.118. The van der Waals surface area contributed by atoms with Crippen molar-refractivity contribution in [1.29, 1.82) is 0 Å². The van der Waals surface area contributed by atoms with Crippen molar-refractivity contribution in [3.8, 4) is 0 Å². The Labute approximate surface area is 119 Å². The summed E-state index contributed by atoms with van der Waals surface area (Å²) in [4.78, 5) is 20.0. The van der Waals surface area contributed by atoms with Crippen molar-refractivity contribution >= 4 is 23.3 Å². The minimum Gasteiger partial charge on any atom is -0.363 e. The SMILES string of the molecule is C=CCN(CC=C)C(=O)c1cc(Cl)nc(N(C)C)c1. The van der Waals surface area contributed by atoms with Crippen molar-refractivity contribution < 1.29 is 4.79 Å². The van der Waals surface area contributed by atoms with Gasteiger partial charge in [0, 0.05) is 32.7 Å². The summed E-state index contributed by atoms with van der Waals surface area (Å²) in [5, 5.41) is 0.298. The van der Waals surface area contributed by atoms with Gasteiger partial charge >= 0.3 is 0 Å². The topological polar surface area (TPSA) is 36.4 Å². The third kappa shape index (κ3) is 4.10. The van der Waals surface area contributed by atoms with Crippen LogP contribution in [0.15, 0.2) is 37.4 Å². The van der Waals surface area contributed by atoms with Crippen LogP contribution in [-0.2, 0) is 0 Å². The molecule has 0 unspecified atom stereocenters. The second kappa shape index (κ2) is 6.95. The summed E-state index contributed by atoms with van der Waals surface area (Å²) in [7, 11) is 3.69. The molecule has 0 saturated carbocycles. The Hall–Kier alpha value is -1.81. The van der Waals surface area contributed by atoms with Crippen molar-refractivity contribution in [3.63, 3.8) is 0 Å². The number of amides is 1. The van der Waals surface area contributed by atoms with E-state index in [2.05, 4.69) is 18.1 Å². The molecule has 1 aromatic heterocycles. The van der Waals surface area contributed by atoms with E-state index in [1.165, 1.54) is 0 Å². The molecule has 0 bridgehead atoms. The Bertz CT molecular complexity index is 476. The molecule has 0 aliphatic rings. The van der Waals surface area contributed by atoms with Gasteiger partial charge in [0.15, 0.2) is 0 Å².